The summed E-state index contributed by atoms with van der Waals surface area (Å²) in [6, 6.07) is 14.2. The first kappa shape index (κ1) is 18.5. The van der Waals surface area contributed by atoms with Crippen LogP contribution in [0.15, 0.2) is 54.6 Å². The smallest absolute Gasteiger partial charge is 0.319 e. The minimum absolute atomic E-state index is 0.177. The molecule has 2 heterocycles. The van der Waals surface area contributed by atoms with Gasteiger partial charge < -0.3 is 24.8 Å². The van der Waals surface area contributed by atoms with Gasteiger partial charge in [-0.1, -0.05) is 0 Å². The van der Waals surface area contributed by atoms with Crippen LogP contribution in [0.2, 0.25) is 0 Å². The van der Waals surface area contributed by atoms with Crippen LogP contribution in [0.5, 0.6) is 17.4 Å². The Morgan fingerprint density at radius 3 is 2.66 bits per heavy atom. The monoisotopic (exact) mass is 396 g/mol. The fourth-order valence-electron chi connectivity index (χ4n) is 2.64. The van der Waals surface area contributed by atoms with Gasteiger partial charge in [0, 0.05) is 23.4 Å². The Kier molecular flexibility index (Phi) is 5.37. The summed E-state index contributed by atoms with van der Waals surface area (Å²) in [4.78, 5) is 11.9. The van der Waals surface area contributed by atoms with Crippen LogP contribution >= 0.6 is 0 Å². The molecule has 1 aromatic heterocycles. The number of carbonyl (C=O) groups is 1. The number of hydrogen-bond acceptors (Lipinski definition) is 6. The van der Waals surface area contributed by atoms with Gasteiger partial charge in [0.25, 0.3) is 0 Å². The van der Waals surface area contributed by atoms with E-state index in [4.69, 9.17) is 14.2 Å². The van der Waals surface area contributed by atoms with E-state index in [0.29, 0.717) is 28.8 Å². The second-order valence-corrected chi connectivity index (χ2v) is 6.06. The summed E-state index contributed by atoms with van der Waals surface area (Å²) in [5.74, 6) is 1.26. The third-order valence-corrected chi connectivity index (χ3v) is 4.05. The molecule has 1 aliphatic rings. The van der Waals surface area contributed by atoms with Gasteiger partial charge in [-0.15, -0.1) is 10.2 Å². The van der Waals surface area contributed by atoms with Crippen molar-refractivity contribution in [2.24, 2.45) is 0 Å². The van der Waals surface area contributed by atoms with E-state index in [1.54, 1.807) is 42.5 Å². The molecule has 29 heavy (non-hydrogen) atoms. The van der Waals surface area contributed by atoms with Gasteiger partial charge in [-0.25, -0.2) is 9.18 Å². The standard InChI is InChI=1S/C20H17FN4O4/c21-14-3-1-13(2-4-14)16-6-8-19(25-24-16)27-10-9-22-20(26)23-15-5-7-17-18(11-15)29-12-28-17/h1-8,11H,9-10,12H2,(H2,22,23,26). The molecule has 0 fully saturated rings. The number of nitrogens with zero attached hydrogens (tertiary/aromatic N) is 2. The number of benzene rings is 2. The zero-order valence-electron chi connectivity index (χ0n) is 15.2. The summed E-state index contributed by atoms with van der Waals surface area (Å²) in [5.41, 5.74) is 1.96. The number of ether oxygens (including phenoxy) is 3. The van der Waals surface area contributed by atoms with E-state index in [0.717, 1.165) is 5.56 Å². The van der Waals surface area contributed by atoms with Gasteiger partial charge in [0.15, 0.2) is 11.5 Å². The van der Waals surface area contributed by atoms with Crippen molar-refractivity contribution in [3.05, 3.63) is 60.4 Å². The largest absolute Gasteiger partial charge is 0.475 e. The number of rotatable bonds is 6. The Hall–Kier alpha value is -3.88. The lowest BCUT2D eigenvalue weighted by Gasteiger charge is -2.09. The molecule has 2 aromatic carbocycles. The predicted molar refractivity (Wildman–Crippen MR) is 103 cm³/mol. The van der Waals surface area contributed by atoms with Gasteiger partial charge in [-0.3, -0.25) is 0 Å². The van der Waals surface area contributed by atoms with E-state index in [2.05, 4.69) is 20.8 Å². The normalized spacial score (nSPS) is 11.8. The number of anilines is 1. The number of fused-ring (bicyclic) bond motifs is 1. The third kappa shape index (κ3) is 4.70. The quantitative estimate of drug-likeness (QED) is 0.622. The maximum Gasteiger partial charge on any atom is 0.319 e. The van der Waals surface area contributed by atoms with Gasteiger partial charge in [0.1, 0.15) is 12.4 Å². The summed E-state index contributed by atoms with van der Waals surface area (Å²) < 4.78 is 28.9. The molecule has 2 N–H and O–H groups in total. The van der Waals surface area contributed by atoms with Gasteiger partial charge in [0.2, 0.25) is 12.7 Å². The van der Waals surface area contributed by atoms with Crippen LogP contribution in [0.4, 0.5) is 14.9 Å². The fourth-order valence-corrected chi connectivity index (χ4v) is 2.64. The number of amides is 2. The maximum atomic E-state index is 13.0. The summed E-state index contributed by atoms with van der Waals surface area (Å²) in [6.07, 6.45) is 0. The molecule has 9 heteroatoms. The molecule has 1 aliphatic heterocycles. The number of carbonyl (C=O) groups excluding carboxylic acids is 1. The van der Waals surface area contributed by atoms with Gasteiger partial charge in [0.05, 0.1) is 12.2 Å². The second kappa shape index (κ2) is 8.42. The fraction of sp³-hybridized carbons (Fsp3) is 0.150. The maximum absolute atomic E-state index is 13.0. The lowest BCUT2D eigenvalue weighted by Crippen LogP contribution is -2.32. The van der Waals surface area contributed by atoms with E-state index in [1.807, 2.05) is 0 Å². The number of nitrogens with one attached hydrogen (secondary N) is 2. The van der Waals surface area contributed by atoms with Gasteiger partial charge >= 0.3 is 6.03 Å². The molecule has 2 amide bonds. The molecule has 148 valence electrons. The van der Waals surface area contributed by atoms with E-state index < -0.39 is 0 Å². The highest BCUT2D eigenvalue weighted by Gasteiger charge is 2.14. The van der Waals surface area contributed by atoms with Crippen molar-refractivity contribution in [3.8, 4) is 28.6 Å². The van der Waals surface area contributed by atoms with Gasteiger partial charge in [-0.05, 0) is 42.5 Å². The van der Waals surface area contributed by atoms with Crippen molar-refractivity contribution >= 4 is 11.7 Å². The number of urea groups is 1. The Morgan fingerprint density at radius 1 is 1.03 bits per heavy atom. The number of halogens is 1. The first-order valence-corrected chi connectivity index (χ1v) is 8.84. The molecule has 0 radical (unpaired) electrons. The van der Waals surface area contributed by atoms with Crippen LogP contribution in [0, 0.1) is 5.82 Å². The molecule has 0 atom stereocenters. The lowest BCUT2D eigenvalue weighted by molar-refractivity contribution is 0.174. The third-order valence-electron chi connectivity index (χ3n) is 4.05. The first-order valence-electron chi connectivity index (χ1n) is 8.84. The summed E-state index contributed by atoms with van der Waals surface area (Å²) in [5, 5.41) is 13.4. The lowest BCUT2D eigenvalue weighted by atomic mass is 10.1. The van der Waals surface area contributed by atoms with Crippen molar-refractivity contribution in [3.63, 3.8) is 0 Å². The van der Waals surface area contributed by atoms with Crippen LogP contribution in [-0.4, -0.2) is 36.2 Å². The van der Waals surface area contributed by atoms with Crippen LogP contribution < -0.4 is 24.8 Å². The highest BCUT2D eigenvalue weighted by atomic mass is 19.1. The van der Waals surface area contributed by atoms with Crippen LogP contribution in [0.3, 0.4) is 0 Å². The Bertz CT molecular complexity index is 996. The van der Waals surface area contributed by atoms with Gasteiger partial charge in [-0.2, -0.15) is 0 Å². The van der Waals surface area contributed by atoms with E-state index in [9.17, 15) is 9.18 Å². The zero-order chi connectivity index (χ0) is 20.1. The average molecular weight is 396 g/mol. The highest BCUT2D eigenvalue weighted by Crippen LogP contribution is 2.34. The molecular weight excluding hydrogens is 379 g/mol. The molecule has 0 spiro atoms. The Morgan fingerprint density at radius 2 is 1.86 bits per heavy atom. The van der Waals surface area contributed by atoms with Crippen molar-refractivity contribution < 1.29 is 23.4 Å². The van der Waals surface area contributed by atoms with Crippen molar-refractivity contribution in [1.29, 1.82) is 0 Å². The number of hydrogen-bond donors (Lipinski definition) is 2. The number of aromatic nitrogens is 2. The molecule has 0 bridgehead atoms. The van der Waals surface area contributed by atoms with Crippen LogP contribution in [0.25, 0.3) is 11.3 Å². The van der Waals surface area contributed by atoms with E-state index in [-0.39, 0.29) is 31.8 Å². The minimum Gasteiger partial charge on any atom is -0.475 e. The van der Waals surface area contributed by atoms with Crippen LogP contribution in [-0.2, 0) is 0 Å². The molecule has 0 aliphatic carbocycles. The molecule has 4 rings (SSSR count). The molecular formula is C20H17FN4O4. The summed E-state index contributed by atoms with van der Waals surface area (Å²) >= 11 is 0. The Balaban J connectivity index is 1.21. The predicted octanol–water partition coefficient (Wildman–Crippen LogP) is 3.21. The molecule has 3 aromatic rings. The minimum atomic E-state index is -0.370. The van der Waals surface area contributed by atoms with Crippen molar-refractivity contribution in [2.45, 2.75) is 0 Å². The van der Waals surface area contributed by atoms with Crippen LogP contribution in [0.1, 0.15) is 0 Å². The molecule has 0 saturated carbocycles. The molecule has 8 nitrogen and oxygen atoms in total. The molecule has 0 saturated heterocycles. The topological polar surface area (TPSA) is 94.6 Å². The first-order chi connectivity index (χ1) is 14.2. The average Bonchev–Trinajstić information content (AvgIpc) is 3.20. The SMILES string of the molecule is O=C(NCCOc1ccc(-c2ccc(F)cc2)nn1)Nc1ccc2c(c1)OCO2. The summed E-state index contributed by atoms with van der Waals surface area (Å²) in [7, 11) is 0. The zero-order valence-corrected chi connectivity index (χ0v) is 15.2. The van der Waals surface area contributed by atoms with E-state index >= 15 is 0 Å². The van der Waals surface area contributed by atoms with Crippen molar-refractivity contribution in [2.75, 3.05) is 25.3 Å². The Labute approximate surface area is 165 Å². The van der Waals surface area contributed by atoms with Crippen molar-refractivity contribution in [1.82, 2.24) is 15.5 Å². The summed E-state index contributed by atoms with van der Waals surface area (Å²) in [6.45, 7) is 0.674. The second-order valence-electron chi connectivity index (χ2n) is 6.06. The highest BCUT2D eigenvalue weighted by molar-refractivity contribution is 5.89. The van der Waals surface area contributed by atoms with E-state index in [1.165, 1.54) is 12.1 Å². The molecule has 0 unspecified atom stereocenters.